The molecular formula is C25H26FNO5S. The van der Waals surface area contributed by atoms with Crippen LogP contribution in [0.2, 0.25) is 0 Å². The monoisotopic (exact) mass is 471 g/mol. The summed E-state index contributed by atoms with van der Waals surface area (Å²) in [6, 6.07) is 18.2. The Balaban J connectivity index is 1.91. The van der Waals surface area contributed by atoms with E-state index in [-0.39, 0.29) is 34.9 Å². The van der Waals surface area contributed by atoms with Crippen LogP contribution in [0.1, 0.15) is 36.2 Å². The summed E-state index contributed by atoms with van der Waals surface area (Å²) in [5, 5.41) is 0. The molecule has 0 heterocycles. The zero-order valence-corrected chi connectivity index (χ0v) is 19.5. The number of hydrogen-bond acceptors (Lipinski definition) is 5. The molecule has 174 valence electrons. The third-order valence-electron chi connectivity index (χ3n) is 5.29. The van der Waals surface area contributed by atoms with Crippen LogP contribution in [0.3, 0.4) is 0 Å². The van der Waals surface area contributed by atoms with Gasteiger partial charge >= 0.3 is 10.1 Å². The molecule has 0 radical (unpaired) electrons. The number of benzene rings is 3. The third kappa shape index (κ3) is 5.90. The van der Waals surface area contributed by atoms with Gasteiger partial charge in [-0.3, -0.25) is 4.79 Å². The molecule has 0 fully saturated rings. The molecule has 0 saturated heterocycles. The van der Waals surface area contributed by atoms with E-state index in [2.05, 4.69) is 0 Å². The Bertz CT molecular complexity index is 1200. The Morgan fingerprint density at radius 2 is 1.67 bits per heavy atom. The largest absolute Gasteiger partial charge is 0.493 e. The molecule has 3 aromatic carbocycles. The van der Waals surface area contributed by atoms with Crippen molar-refractivity contribution in [2.24, 2.45) is 0 Å². The van der Waals surface area contributed by atoms with E-state index >= 15 is 0 Å². The Hall–Kier alpha value is -3.39. The molecule has 1 unspecified atom stereocenters. The van der Waals surface area contributed by atoms with Crippen molar-refractivity contribution in [2.75, 3.05) is 7.11 Å². The summed E-state index contributed by atoms with van der Waals surface area (Å²) < 4.78 is 49.2. The van der Waals surface area contributed by atoms with E-state index < -0.39 is 15.9 Å². The number of methoxy groups -OCH3 is 1. The Kier molecular flexibility index (Phi) is 7.71. The fourth-order valence-corrected chi connectivity index (χ4v) is 4.18. The van der Waals surface area contributed by atoms with Crippen LogP contribution < -0.4 is 8.92 Å². The Labute approximate surface area is 193 Å². The second-order valence-corrected chi connectivity index (χ2v) is 9.08. The fraction of sp³-hybridized carbons (Fsp3) is 0.240. The standard InChI is InChI=1S/C25H26FNO5S/c1-4-18(2)27(25(28)20-8-6-5-7-9-20)17-19-10-15-23(31-3)24(16-19)32-33(29,30)22-13-11-21(26)12-14-22/h5-16,18H,4,17H2,1-3H3. The Morgan fingerprint density at radius 1 is 1.00 bits per heavy atom. The Morgan fingerprint density at radius 3 is 2.27 bits per heavy atom. The van der Waals surface area contributed by atoms with E-state index in [0.717, 1.165) is 30.7 Å². The highest BCUT2D eigenvalue weighted by atomic mass is 32.2. The van der Waals surface area contributed by atoms with E-state index in [0.29, 0.717) is 11.1 Å². The maximum atomic E-state index is 13.2. The van der Waals surface area contributed by atoms with Crippen molar-refractivity contribution in [1.82, 2.24) is 4.90 Å². The second-order valence-electron chi connectivity index (χ2n) is 7.53. The van der Waals surface area contributed by atoms with E-state index in [9.17, 15) is 17.6 Å². The van der Waals surface area contributed by atoms with Gasteiger partial charge < -0.3 is 13.8 Å². The van der Waals surface area contributed by atoms with Crippen LogP contribution in [-0.4, -0.2) is 32.4 Å². The first-order valence-corrected chi connectivity index (χ1v) is 11.9. The molecule has 0 saturated carbocycles. The molecule has 3 aromatic rings. The number of rotatable bonds is 9. The maximum Gasteiger partial charge on any atom is 0.339 e. The van der Waals surface area contributed by atoms with Crippen LogP contribution in [0.5, 0.6) is 11.5 Å². The molecule has 1 atom stereocenters. The van der Waals surface area contributed by atoms with Crippen LogP contribution in [0.25, 0.3) is 0 Å². The van der Waals surface area contributed by atoms with Gasteiger partial charge in [0.2, 0.25) is 0 Å². The summed E-state index contributed by atoms with van der Waals surface area (Å²) in [6.07, 6.45) is 0.747. The topological polar surface area (TPSA) is 72.9 Å². The predicted octanol–water partition coefficient (Wildman–Crippen LogP) is 5.04. The van der Waals surface area contributed by atoms with Crippen LogP contribution in [0.15, 0.2) is 77.7 Å². The molecule has 0 aliphatic carbocycles. The van der Waals surface area contributed by atoms with Gasteiger partial charge in [-0.05, 0) is 67.4 Å². The molecule has 8 heteroatoms. The zero-order chi connectivity index (χ0) is 24.0. The van der Waals surface area contributed by atoms with Crippen LogP contribution in [0, 0.1) is 5.82 Å². The number of ether oxygens (including phenoxy) is 1. The van der Waals surface area contributed by atoms with Crippen molar-refractivity contribution in [3.8, 4) is 11.5 Å². The molecule has 0 bridgehead atoms. The predicted molar refractivity (Wildman–Crippen MR) is 123 cm³/mol. The lowest BCUT2D eigenvalue weighted by molar-refractivity contribution is 0.0671. The average molecular weight is 472 g/mol. The number of carbonyl (C=O) groups is 1. The van der Waals surface area contributed by atoms with Crippen molar-refractivity contribution in [1.29, 1.82) is 0 Å². The molecule has 0 aliphatic rings. The van der Waals surface area contributed by atoms with E-state index in [1.807, 2.05) is 32.0 Å². The summed E-state index contributed by atoms with van der Waals surface area (Å²) >= 11 is 0. The highest BCUT2D eigenvalue weighted by Gasteiger charge is 2.23. The van der Waals surface area contributed by atoms with Crippen molar-refractivity contribution < 1.29 is 26.5 Å². The van der Waals surface area contributed by atoms with E-state index in [1.165, 1.54) is 13.2 Å². The van der Waals surface area contributed by atoms with Gasteiger partial charge in [0.05, 0.1) is 7.11 Å². The number of carbonyl (C=O) groups excluding carboxylic acids is 1. The van der Waals surface area contributed by atoms with Gasteiger partial charge in [0.1, 0.15) is 10.7 Å². The van der Waals surface area contributed by atoms with Gasteiger partial charge in [0, 0.05) is 18.2 Å². The molecule has 6 nitrogen and oxygen atoms in total. The summed E-state index contributed by atoms with van der Waals surface area (Å²) in [6.45, 7) is 4.20. The quantitative estimate of drug-likeness (QED) is 0.409. The van der Waals surface area contributed by atoms with E-state index in [1.54, 1.807) is 29.2 Å². The van der Waals surface area contributed by atoms with Crippen molar-refractivity contribution in [2.45, 2.75) is 37.8 Å². The fourth-order valence-electron chi connectivity index (χ4n) is 3.24. The van der Waals surface area contributed by atoms with Crippen molar-refractivity contribution >= 4 is 16.0 Å². The third-order valence-corrected chi connectivity index (χ3v) is 6.54. The summed E-state index contributed by atoms with van der Waals surface area (Å²) in [5.41, 5.74) is 1.24. The molecule has 0 aliphatic heterocycles. The average Bonchev–Trinajstić information content (AvgIpc) is 2.82. The summed E-state index contributed by atoms with van der Waals surface area (Å²) in [4.78, 5) is 14.7. The first-order valence-electron chi connectivity index (χ1n) is 10.5. The second kappa shape index (κ2) is 10.5. The van der Waals surface area contributed by atoms with Gasteiger partial charge in [-0.15, -0.1) is 0 Å². The smallest absolute Gasteiger partial charge is 0.339 e. The summed E-state index contributed by atoms with van der Waals surface area (Å²) in [7, 11) is -2.82. The van der Waals surface area contributed by atoms with Gasteiger partial charge in [0.15, 0.2) is 11.5 Å². The summed E-state index contributed by atoms with van der Waals surface area (Å²) in [5.74, 6) is -0.478. The van der Waals surface area contributed by atoms with Gasteiger partial charge in [0.25, 0.3) is 5.91 Å². The first kappa shape index (κ1) is 24.3. The minimum absolute atomic E-state index is 0.0180. The number of hydrogen-bond donors (Lipinski definition) is 0. The maximum absolute atomic E-state index is 13.2. The highest BCUT2D eigenvalue weighted by molar-refractivity contribution is 7.87. The van der Waals surface area contributed by atoms with E-state index in [4.69, 9.17) is 8.92 Å². The number of halogens is 1. The lowest BCUT2D eigenvalue weighted by Gasteiger charge is -2.29. The normalized spacial score (nSPS) is 12.1. The molecule has 1 amide bonds. The highest BCUT2D eigenvalue weighted by Crippen LogP contribution is 2.32. The van der Waals surface area contributed by atoms with Crippen LogP contribution in [-0.2, 0) is 16.7 Å². The minimum Gasteiger partial charge on any atom is -0.493 e. The van der Waals surface area contributed by atoms with Crippen molar-refractivity contribution in [3.63, 3.8) is 0 Å². The van der Waals surface area contributed by atoms with Gasteiger partial charge in [-0.1, -0.05) is 31.2 Å². The lowest BCUT2D eigenvalue weighted by atomic mass is 10.1. The van der Waals surface area contributed by atoms with Crippen LogP contribution in [0.4, 0.5) is 4.39 Å². The molecule has 0 spiro atoms. The molecular weight excluding hydrogens is 445 g/mol. The number of nitrogens with zero attached hydrogens (tertiary/aromatic N) is 1. The molecule has 33 heavy (non-hydrogen) atoms. The number of amides is 1. The SMILES string of the molecule is CCC(C)N(Cc1ccc(OC)c(OS(=O)(=O)c2ccc(F)cc2)c1)C(=O)c1ccccc1. The van der Waals surface area contributed by atoms with Crippen LogP contribution >= 0.6 is 0 Å². The minimum atomic E-state index is -4.22. The zero-order valence-electron chi connectivity index (χ0n) is 18.7. The molecule has 0 aromatic heterocycles. The van der Waals surface area contributed by atoms with Gasteiger partial charge in [-0.25, -0.2) is 4.39 Å². The van der Waals surface area contributed by atoms with Gasteiger partial charge in [-0.2, -0.15) is 8.42 Å². The van der Waals surface area contributed by atoms with Crippen molar-refractivity contribution in [3.05, 3.63) is 89.7 Å². The molecule has 0 N–H and O–H groups in total. The molecule has 3 rings (SSSR count). The lowest BCUT2D eigenvalue weighted by Crippen LogP contribution is -2.37. The first-order chi connectivity index (χ1) is 15.7.